The van der Waals surface area contributed by atoms with Crippen molar-refractivity contribution in [3.63, 3.8) is 0 Å². The van der Waals surface area contributed by atoms with Crippen LogP contribution in [0.4, 0.5) is 0 Å². The maximum Gasteiger partial charge on any atom is 0.335 e. The second kappa shape index (κ2) is 11.0. The molecule has 0 bridgehead atoms. The van der Waals surface area contributed by atoms with Gasteiger partial charge < -0.3 is 9.84 Å². The molecular formula is C26H24N4O3S2. The minimum atomic E-state index is -0.930. The van der Waals surface area contributed by atoms with Crippen LogP contribution in [0.1, 0.15) is 76.3 Å². The molecule has 1 atom stereocenters. The second-order valence-corrected chi connectivity index (χ2v) is 10.0. The molecule has 1 aliphatic heterocycles. The fourth-order valence-corrected chi connectivity index (χ4v) is 6.08. The van der Waals surface area contributed by atoms with Crippen LogP contribution in [-0.2, 0) is 16.9 Å². The lowest BCUT2D eigenvalue weighted by molar-refractivity contribution is 0.0144. The van der Waals surface area contributed by atoms with E-state index < -0.39 is 5.97 Å². The van der Waals surface area contributed by atoms with Crippen molar-refractivity contribution in [3.05, 3.63) is 62.8 Å². The molecule has 3 aromatic rings. The normalized spacial score (nSPS) is 15.4. The lowest BCUT2D eigenvalue weighted by atomic mass is 9.93. The number of aromatic nitrogens is 2. The number of hydrogen-bond donors (Lipinski definition) is 1. The minimum Gasteiger partial charge on any atom is -0.478 e. The summed E-state index contributed by atoms with van der Waals surface area (Å²) in [6.45, 7) is 4.35. The highest BCUT2D eigenvalue weighted by atomic mass is 32.2. The number of thiazole rings is 1. The largest absolute Gasteiger partial charge is 0.478 e. The predicted octanol–water partition coefficient (Wildman–Crippen LogP) is 6.05. The van der Waals surface area contributed by atoms with Crippen molar-refractivity contribution in [1.29, 1.82) is 10.5 Å². The summed E-state index contributed by atoms with van der Waals surface area (Å²) in [6, 6.07) is 9.80. The number of ether oxygens (including phenoxy) is 1. The average Bonchev–Trinajstić information content (AvgIpc) is 3.36. The van der Waals surface area contributed by atoms with Gasteiger partial charge in [-0.05, 0) is 50.3 Å². The summed E-state index contributed by atoms with van der Waals surface area (Å²) in [6.07, 6.45) is 3.13. The third-order valence-corrected chi connectivity index (χ3v) is 7.93. The Morgan fingerprint density at radius 2 is 2.06 bits per heavy atom. The fourth-order valence-electron chi connectivity index (χ4n) is 4.22. The number of aromatic carboxylic acids is 1. The van der Waals surface area contributed by atoms with Gasteiger partial charge in [-0.1, -0.05) is 24.8 Å². The van der Waals surface area contributed by atoms with Gasteiger partial charge in [0, 0.05) is 28.9 Å². The third-order valence-electron chi connectivity index (χ3n) is 5.98. The van der Waals surface area contributed by atoms with E-state index in [1.165, 1.54) is 23.1 Å². The summed E-state index contributed by atoms with van der Waals surface area (Å²) in [5.74, 6) is -0.413. The highest BCUT2D eigenvalue weighted by Crippen LogP contribution is 2.38. The van der Waals surface area contributed by atoms with Gasteiger partial charge in [0.15, 0.2) is 0 Å². The molecule has 0 amide bonds. The van der Waals surface area contributed by atoms with Crippen LogP contribution in [0.5, 0.6) is 0 Å². The maximum atomic E-state index is 11.4. The number of hydrogen-bond acceptors (Lipinski definition) is 8. The van der Waals surface area contributed by atoms with Gasteiger partial charge >= 0.3 is 5.97 Å². The first-order valence-electron chi connectivity index (χ1n) is 11.4. The molecule has 1 aliphatic rings. The van der Waals surface area contributed by atoms with E-state index in [1.807, 2.05) is 18.4 Å². The minimum absolute atomic E-state index is 0.262. The Hall–Kier alpha value is -3.24. The number of aryl methyl sites for hydroxylation is 2. The zero-order valence-electron chi connectivity index (χ0n) is 19.5. The smallest absolute Gasteiger partial charge is 0.335 e. The molecule has 178 valence electrons. The number of pyridine rings is 1. The van der Waals surface area contributed by atoms with Crippen molar-refractivity contribution in [2.75, 3.05) is 6.61 Å². The molecule has 1 aromatic carbocycles. The Bertz CT molecular complexity index is 1350. The Labute approximate surface area is 212 Å². The summed E-state index contributed by atoms with van der Waals surface area (Å²) in [4.78, 5) is 20.7. The summed E-state index contributed by atoms with van der Waals surface area (Å²) in [7, 11) is 0. The van der Waals surface area contributed by atoms with Crippen LogP contribution in [0, 0.1) is 29.6 Å². The van der Waals surface area contributed by atoms with Gasteiger partial charge in [-0.2, -0.15) is 10.5 Å². The number of benzene rings is 1. The van der Waals surface area contributed by atoms with Crippen molar-refractivity contribution in [2.24, 2.45) is 0 Å². The van der Waals surface area contributed by atoms with Gasteiger partial charge in [0.25, 0.3) is 0 Å². The van der Waals surface area contributed by atoms with Crippen LogP contribution in [0.2, 0.25) is 0 Å². The van der Waals surface area contributed by atoms with E-state index in [1.54, 1.807) is 19.1 Å². The molecule has 9 heteroatoms. The Kier molecular flexibility index (Phi) is 7.82. The SMILES string of the molecule is CCc1cc(-c2nc(CSc3nc(C)c(C#N)c(C4CCCCO4)c3C#N)cs2)ccc1C(=O)O. The molecule has 0 radical (unpaired) electrons. The summed E-state index contributed by atoms with van der Waals surface area (Å²) >= 11 is 2.92. The van der Waals surface area contributed by atoms with Crippen molar-refractivity contribution in [1.82, 2.24) is 9.97 Å². The number of carboxylic acids is 1. The average molecular weight is 505 g/mol. The number of carbonyl (C=O) groups is 1. The predicted molar refractivity (Wildman–Crippen MR) is 134 cm³/mol. The van der Waals surface area contributed by atoms with E-state index in [0.717, 1.165) is 41.1 Å². The molecule has 1 unspecified atom stereocenters. The lowest BCUT2D eigenvalue weighted by Crippen LogP contribution is -2.16. The molecule has 1 fully saturated rings. The summed E-state index contributed by atoms with van der Waals surface area (Å²) < 4.78 is 5.93. The van der Waals surface area contributed by atoms with Crippen molar-refractivity contribution in [3.8, 4) is 22.7 Å². The molecule has 3 heterocycles. The second-order valence-electron chi connectivity index (χ2n) is 8.21. The van der Waals surface area contributed by atoms with E-state index in [-0.39, 0.29) is 6.10 Å². The Morgan fingerprint density at radius 3 is 2.71 bits per heavy atom. The van der Waals surface area contributed by atoms with Gasteiger partial charge in [-0.15, -0.1) is 11.3 Å². The highest BCUT2D eigenvalue weighted by molar-refractivity contribution is 7.98. The van der Waals surface area contributed by atoms with Gasteiger partial charge in [0.2, 0.25) is 0 Å². The van der Waals surface area contributed by atoms with Crippen LogP contribution in [-0.4, -0.2) is 27.7 Å². The molecule has 7 nitrogen and oxygen atoms in total. The van der Waals surface area contributed by atoms with Crippen LogP contribution in [0.25, 0.3) is 10.6 Å². The molecule has 0 aliphatic carbocycles. The standard InChI is InChI=1S/C26H24N4O3S2/c1-3-16-10-17(7-8-19(16)26(31)32)24-30-18(13-34-24)14-35-25-21(12-28)23(20(11-27)15(2)29-25)22-6-4-5-9-33-22/h7-8,10,13,22H,3-6,9,14H2,1-2H3,(H,31,32). The maximum absolute atomic E-state index is 11.4. The first-order chi connectivity index (χ1) is 17.0. The van der Waals surface area contributed by atoms with Crippen molar-refractivity contribution >= 4 is 29.1 Å². The topological polar surface area (TPSA) is 120 Å². The van der Waals surface area contributed by atoms with Gasteiger partial charge in [-0.3, -0.25) is 0 Å². The van der Waals surface area contributed by atoms with E-state index in [9.17, 15) is 20.4 Å². The van der Waals surface area contributed by atoms with Gasteiger partial charge in [0.05, 0.1) is 34.2 Å². The molecular weight excluding hydrogens is 480 g/mol. The quantitative estimate of drug-likeness (QED) is 0.386. The van der Waals surface area contributed by atoms with E-state index in [2.05, 4.69) is 17.1 Å². The molecule has 0 saturated carbocycles. The number of nitriles is 2. The summed E-state index contributed by atoms with van der Waals surface area (Å²) in [5.41, 5.74) is 4.93. The van der Waals surface area contributed by atoms with Crippen molar-refractivity contribution < 1.29 is 14.6 Å². The fraction of sp³-hybridized carbons (Fsp3) is 0.346. The Balaban J connectivity index is 1.59. The van der Waals surface area contributed by atoms with Crippen LogP contribution >= 0.6 is 23.1 Å². The third kappa shape index (κ3) is 5.23. The highest BCUT2D eigenvalue weighted by Gasteiger charge is 2.27. The number of thioether (sulfide) groups is 1. The van der Waals surface area contributed by atoms with Crippen molar-refractivity contribution in [2.45, 2.75) is 56.4 Å². The van der Waals surface area contributed by atoms with Crippen LogP contribution in [0.3, 0.4) is 0 Å². The van der Waals surface area contributed by atoms with Crippen LogP contribution in [0.15, 0.2) is 28.6 Å². The van der Waals surface area contributed by atoms with E-state index in [0.29, 0.717) is 51.8 Å². The molecule has 0 spiro atoms. The number of nitrogens with zero attached hydrogens (tertiary/aromatic N) is 4. The molecule has 2 aromatic heterocycles. The summed E-state index contributed by atoms with van der Waals surface area (Å²) in [5, 5.41) is 32.5. The Morgan fingerprint density at radius 1 is 1.26 bits per heavy atom. The van der Waals surface area contributed by atoms with Gasteiger partial charge in [-0.25, -0.2) is 14.8 Å². The zero-order chi connectivity index (χ0) is 24.9. The molecule has 4 rings (SSSR count). The van der Waals surface area contributed by atoms with Crippen LogP contribution < -0.4 is 0 Å². The first kappa shape index (κ1) is 24.9. The number of rotatable bonds is 7. The monoisotopic (exact) mass is 504 g/mol. The molecule has 35 heavy (non-hydrogen) atoms. The number of carboxylic acid groups (broad SMARTS) is 1. The van der Waals surface area contributed by atoms with Gasteiger partial charge in [0.1, 0.15) is 22.2 Å². The molecule has 1 N–H and O–H groups in total. The van der Waals surface area contributed by atoms with E-state index >= 15 is 0 Å². The zero-order valence-corrected chi connectivity index (χ0v) is 21.1. The molecule has 1 saturated heterocycles. The first-order valence-corrected chi connectivity index (χ1v) is 13.2. The lowest BCUT2D eigenvalue weighted by Gasteiger charge is -2.25. The van der Waals surface area contributed by atoms with E-state index in [4.69, 9.17) is 9.72 Å².